The largest absolute Gasteiger partial charge is 0.478 e. The van der Waals surface area contributed by atoms with Gasteiger partial charge < -0.3 is 9.84 Å². The Morgan fingerprint density at radius 3 is 2.48 bits per heavy atom. The van der Waals surface area contributed by atoms with Gasteiger partial charge in [0.2, 0.25) is 0 Å². The summed E-state index contributed by atoms with van der Waals surface area (Å²) in [7, 11) is 0. The van der Waals surface area contributed by atoms with E-state index >= 15 is 0 Å². The molecule has 130 valence electrons. The quantitative estimate of drug-likeness (QED) is 0.553. The second-order valence-corrected chi connectivity index (χ2v) is 6.96. The molecule has 0 atom stereocenters. The van der Waals surface area contributed by atoms with Crippen LogP contribution in [0.2, 0.25) is 0 Å². The van der Waals surface area contributed by atoms with E-state index in [0.29, 0.717) is 11.6 Å². The van der Waals surface area contributed by atoms with E-state index in [1.54, 1.807) is 6.07 Å². The molecule has 1 aromatic rings. The summed E-state index contributed by atoms with van der Waals surface area (Å²) in [5.74, 6) is -0.827. The maximum atomic E-state index is 11.8. The maximum absolute atomic E-state index is 11.8. The molecule has 0 unspecified atom stereocenters. The lowest BCUT2D eigenvalue weighted by Crippen LogP contribution is -2.15. The molecule has 6 heteroatoms. The van der Waals surface area contributed by atoms with Crippen LogP contribution in [0, 0.1) is 0 Å². The Hall–Kier alpha value is -1.56. The Morgan fingerprint density at radius 2 is 1.87 bits per heavy atom. The summed E-state index contributed by atoms with van der Waals surface area (Å²) < 4.78 is 5.12. The van der Waals surface area contributed by atoms with Crippen molar-refractivity contribution in [2.24, 2.45) is 0 Å². The zero-order chi connectivity index (χ0) is 17.2. The first kappa shape index (κ1) is 19.5. The number of rotatable bonds is 10. The molecule has 0 radical (unpaired) electrons. The van der Waals surface area contributed by atoms with Gasteiger partial charge >= 0.3 is 12.1 Å². The van der Waals surface area contributed by atoms with E-state index in [0.717, 1.165) is 24.1 Å². The standard InChI is InChI=1S/C17H27NO4S/c1-4-5-6-7-8-9-10-22-17(21)18-15-13(16(19)20)11-14(23-15)12(2)3/h11-12H,4-10H2,1-3H3,(H,18,21)(H,19,20). The predicted molar refractivity (Wildman–Crippen MR) is 93.7 cm³/mol. The minimum absolute atomic E-state index is 0.121. The zero-order valence-electron chi connectivity index (χ0n) is 14.2. The third-order valence-corrected chi connectivity index (χ3v) is 4.85. The van der Waals surface area contributed by atoms with Crippen molar-refractivity contribution in [3.05, 3.63) is 16.5 Å². The van der Waals surface area contributed by atoms with Crippen LogP contribution in [0.1, 0.15) is 80.4 Å². The molecule has 0 bridgehead atoms. The van der Waals surface area contributed by atoms with E-state index in [1.165, 1.54) is 30.6 Å². The molecule has 0 aliphatic carbocycles. The number of nitrogens with one attached hydrogen (secondary N) is 1. The number of anilines is 1. The summed E-state index contributed by atoms with van der Waals surface area (Å²) in [6, 6.07) is 1.61. The summed E-state index contributed by atoms with van der Waals surface area (Å²) >= 11 is 1.28. The fourth-order valence-corrected chi connectivity index (χ4v) is 3.16. The van der Waals surface area contributed by atoms with E-state index in [9.17, 15) is 14.7 Å². The molecule has 0 spiro atoms. The molecular formula is C17H27NO4S. The van der Waals surface area contributed by atoms with Crippen molar-refractivity contribution in [1.82, 2.24) is 0 Å². The van der Waals surface area contributed by atoms with Gasteiger partial charge in [-0.1, -0.05) is 52.9 Å². The fraction of sp³-hybridized carbons (Fsp3) is 0.647. The number of unbranched alkanes of at least 4 members (excludes halogenated alkanes) is 5. The highest BCUT2D eigenvalue weighted by molar-refractivity contribution is 7.16. The summed E-state index contributed by atoms with van der Waals surface area (Å²) in [6.07, 6.45) is 6.13. The summed E-state index contributed by atoms with van der Waals surface area (Å²) in [5.41, 5.74) is 0.121. The molecule has 0 saturated heterocycles. The van der Waals surface area contributed by atoms with Crippen LogP contribution in [0.3, 0.4) is 0 Å². The number of hydrogen-bond acceptors (Lipinski definition) is 4. The Balaban J connectivity index is 2.40. The topological polar surface area (TPSA) is 75.6 Å². The third kappa shape index (κ3) is 7.03. The van der Waals surface area contributed by atoms with Crippen molar-refractivity contribution in [1.29, 1.82) is 0 Å². The average Bonchev–Trinajstić information content (AvgIpc) is 2.90. The molecule has 0 aliphatic heterocycles. The lowest BCUT2D eigenvalue weighted by Gasteiger charge is -2.06. The van der Waals surface area contributed by atoms with E-state index < -0.39 is 12.1 Å². The van der Waals surface area contributed by atoms with Gasteiger partial charge in [0.25, 0.3) is 0 Å². The molecule has 0 saturated carbocycles. The summed E-state index contributed by atoms with van der Waals surface area (Å²) in [6.45, 7) is 6.51. The molecule has 0 aromatic carbocycles. The van der Waals surface area contributed by atoms with Crippen LogP contribution in [0.5, 0.6) is 0 Å². The lowest BCUT2D eigenvalue weighted by atomic mass is 10.1. The Bertz CT molecular complexity index is 511. The van der Waals surface area contributed by atoms with Crippen LogP contribution in [-0.4, -0.2) is 23.8 Å². The normalized spacial score (nSPS) is 10.8. The molecule has 0 aliphatic rings. The van der Waals surface area contributed by atoms with Gasteiger partial charge in [0.15, 0.2) is 0 Å². The van der Waals surface area contributed by atoms with Crippen molar-refractivity contribution in [2.75, 3.05) is 11.9 Å². The van der Waals surface area contributed by atoms with Gasteiger partial charge in [-0.25, -0.2) is 9.59 Å². The van der Waals surface area contributed by atoms with E-state index in [2.05, 4.69) is 12.2 Å². The van der Waals surface area contributed by atoms with Gasteiger partial charge in [0, 0.05) is 4.88 Å². The van der Waals surface area contributed by atoms with Crippen LogP contribution in [-0.2, 0) is 4.74 Å². The Morgan fingerprint density at radius 1 is 1.22 bits per heavy atom. The molecular weight excluding hydrogens is 314 g/mol. The summed E-state index contributed by atoms with van der Waals surface area (Å²) in [5, 5.41) is 12.1. The van der Waals surface area contributed by atoms with Gasteiger partial charge in [-0.3, -0.25) is 5.32 Å². The molecule has 0 fully saturated rings. The van der Waals surface area contributed by atoms with E-state index in [1.807, 2.05) is 13.8 Å². The van der Waals surface area contributed by atoms with Crippen LogP contribution < -0.4 is 5.32 Å². The first-order chi connectivity index (χ1) is 11.0. The number of carbonyl (C=O) groups is 2. The molecule has 2 N–H and O–H groups in total. The number of carboxylic acid groups (broad SMARTS) is 1. The second-order valence-electron chi connectivity index (χ2n) is 5.88. The molecule has 23 heavy (non-hydrogen) atoms. The molecule has 1 rings (SSSR count). The number of amides is 1. The highest BCUT2D eigenvalue weighted by atomic mass is 32.1. The number of carboxylic acids is 1. The van der Waals surface area contributed by atoms with Gasteiger partial charge in [0.1, 0.15) is 5.00 Å². The molecule has 1 amide bonds. The summed E-state index contributed by atoms with van der Waals surface area (Å²) in [4.78, 5) is 23.9. The van der Waals surface area contributed by atoms with Crippen LogP contribution in [0.4, 0.5) is 9.80 Å². The van der Waals surface area contributed by atoms with Crippen molar-refractivity contribution in [3.8, 4) is 0 Å². The fourth-order valence-electron chi connectivity index (χ4n) is 2.12. The van der Waals surface area contributed by atoms with Crippen molar-refractivity contribution in [2.45, 2.75) is 65.2 Å². The van der Waals surface area contributed by atoms with Crippen molar-refractivity contribution >= 4 is 28.4 Å². The maximum Gasteiger partial charge on any atom is 0.412 e. The number of hydrogen-bond donors (Lipinski definition) is 2. The lowest BCUT2D eigenvalue weighted by molar-refractivity contribution is 0.0698. The number of carbonyl (C=O) groups excluding carboxylic acids is 1. The Kier molecular flexibility index (Phi) is 8.69. The monoisotopic (exact) mass is 341 g/mol. The minimum atomic E-state index is -1.04. The number of aromatic carboxylic acids is 1. The van der Waals surface area contributed by atoms with Crippen molar-refractivity contribution < 1.29 is 19.4 Å². The zero-order valence-corrected chi connectivity index (χ0v) is 15.0. The van der Waals surface area contributed by atoms with Crippen LogP contribution in [0.25, 0.3) is 0 Å². The van der Waals surface area contributed by atoms with Crippen molar-refractivity contribution in [3.63, 3.8) is 0 Å². The third-order valence-electron chi connectivity index (χ3n) is 3.50. The SMILES string of the molecule is CCCCCCCCOC(=O)Nc1sc(C(C)C)cc1C(=O)O. The highest BCUT2D eigenvalue weighted by Crippen LogP contribution is 2.33. The van der Waals surface area contributed by atoms with Crippen LogP contribution >= 0.6 is 11.3 Å². The molecule has 1 heterocycles. The van der Waals surface area contributed by atoms with Gasteiger partial charge in [-0.05, 0) is 18.4 Å². The smallest absolute Gasteiger partial charge is 0.412 e. The average molecular weight is 341 g/mol. The Labute approximate surface area is 142 Å². The molecule has 1 aromatic heterocycles. The van der Waals surface area contributed by atoms with E-state index in [4.69, 9.17) is 4.74 Å². The highest BCUT2D eigenvalue weighted by Gasteiger charge is 2.18. The van der Waals surface area contributed by atoms with Crippen LogP contribution in [0.15, 0.2) is 6.07 Å². The minimum Gasteiger partial charge on any atom is -0.478 e. The predicted octanol–water partition coefficient (Wildman–Crippen LogP) is 5.48. The first-order valence-electron chi connectivity index (χ1n) is 8.26. The molecule has 5 nitrogen and oxygen atoms in total. The van der Waals surface area contributed by atoms with E-state index in [-0.39, 0.29) is 11.5 Å². The van der Waals surface area contributed by atoms with Gasteiger partial charge in [0.05, 0.1) is 12.2 Å². The van der Waals surface area contributed by atoms with Gasteiger partial charge in [-0.15, -0.1) is 11.3 Å². The number of thiophene rings is 1. The van der Waals surface area contributed by atoms with Gasteiger partial charge in [-0.2, -0.15) is 0 Å². The second kappa shape index (κ2) is 10.3. The number of ether oxygens (including phenoxy) is 1. The first-order valence-corrected chi connectivity index (χ1v) is 9.08.